The van der Waals surface area contributed by atoms with Crippen LogP contribution in [-0.2, 0) is 20.0 Å². The number of hydrogen-bond acceptors (Lipinski definition) is 6. The van der Waals surface area contributed by atoms with Crippen molar-refractivity contribution >= 4 is 42.5 Å². The number of hydrogen-bond donors (Lipinski definition) is 1. The van der Waals surface area contributed by atoms with E-state index in [-0.39, 0.29) is 50.1 Å². The van der Waals surface area contributed by atoms with Crippen LogP contribution in [0.3, 0.4) is 0 Å². The zero-order chi connectivity index (χ0) is 38.4. The van der Waals surface area contributed by atoms with Crippen LogP contribution in [0.5, 0.6) is 0 Å². The molecule has 0 spiro atoms. The maximum Gasteiger partial charge on any atom is 0.268 e. The summed E-state index contributed by atoms with van der Waals surface area (Å²) in [5.41, 5.74) is -2.91. The number of carbonyl (C=O) groups is 1. The van der Waals surface area contributed by atoms with Gasteiger partial charge in [-0.25, -0.2) is 52.3 Å². The van der Waals surface area contributed by atoms with Gasteiger partial charge >= 0.3 is 0 Å². The van der Waals surface area contributed by atoms with Gasteiger partial charge in [0, 0.05) is 38.8 Å². The van der Waals surface area contributed by atoms with E-state index in [2.05, 4.69) is 4.85 Å². The van der Waals surface area contributed by atoms with Crippen molar-refractivity contribution in [3.63, 3.8) is 0 Å². The first kappa shape index (κ1) is 36.4. The van der Waals surface area contributed by atoms with Gasteiger partial charge in [0.1, 0.15) is 17.5 Å². The first-order chi connectivity index (χ1) is 25.0. The SMILES string of the molecule is [C-]#[N+]c1cccc(C#N)c1-c1c(-c2cccc(-c3c(F)cc(C(=O)NS(C)(=O)=O)cc3F)c2)n(S(=O)(=O)c2ccc(C(F)F)cc2)c2ccc(F)cc12. The van der Waals surface area contributed by atoms with Gasteiger partial charge in [0.05, 0.1) is 40.6 Å². The van der Waals surface area contributed by atoms with Crippen molar-refractivity contribution in [3.8, 4) is 39.6 Å². The van der Waals surface area contributed by atoms with Crippen LogP contribution in [-0.4, -0.2) is 33.0 Å². The molecule has 0 fully saturated rings. The van der Waals surface area contributed by atoms with E-state index in [1.165, 1.54) is 42.5 Å². The number of rotatable bonds is 8. The standard InChI is InChI=1S/C37H21F5N4O5S2/c1-44-30-8-4-7-23(19-43)33(30)34-27-18-25(38)11-14-31(27)46(53(50,51)26-12-9-20(10-13-26)36(41)42)35(34)22-6-3-5-21(15-22)32-28(39)16-24(17-29(32)40)37(47)45-52(2,48)49/h3-18,36H,2H3,(H,45,47). The highest BCUT2D eigenvalue weighted by Gasteiger charge is 2.31. The van der Waals surface area contributed by atoms with Crippen LogP contribution in [0, 0.1) is 35.4 Å². The second-order valence-corrected chi connectivity index (χ2v) is 15.1. The summed E-state index contributed by atoms with van der Waals surface area (Å²) >= 11 is 0. The molecule has 6 aromatic rings. The average molecular weight is 761 g/mol. The van der Waals surface area contributed by atoms with Crippen LogP contribution in [0.15, 0.2) is 102 Å². The maximum atomic E-state index is 15.6. The summed E-state index contributed by atoms with van der Waals surface area (Å²) in [6.45, 7) is 7.85. The Hall–Kier alpha value is -6.36. The fourth-order valence-electron chi connectivity index (χ4n) is 5.91. The fourth-order valence-corrected chi connectivity index (χ4v) is 7.91. The van der Waals surface area contributed by atoms with Gasteiger partial charge in [0.15, 0.2) is 5.69 Å². The zero-order valence-corrected chi connectivity index (χ0v) is 28.5. The van der Waals surface area contributed by atoms with Gasteiger partial charge in [-0.15, -0.1) is 0 Å². The van der Waals surface area contributed by atoms with Crippen molar-refractivity contribution in [2.75, 3.05) is 6.26 Å². The molecule has 1 N–H and O–H groups in total. The van der Waals surface area contributed by atoms with Crippen molar-refractivity contribution < 1.29 is 43.6 Å². The monoisotopic (exact) mass is 760 g/mol. The lowest BCUT2D eigenvalue weighted by atomic mass is 9.92. The zero-order valence-electron chi connectivity index (χ0n) is 26.9. The number of benzene rings is 5. The molecule has 266 valence electrons. The van der Waals surface area contributed by atoms with E-state index in [9.17, 15) is 35.7 Å². The van der Waals surface area contributed by atoms with Crippen molar-refractivity contribution in [1.82, 2.24) is 8.69 Å². The number of nitrogens with zero attached hydrogens (tertiary/aromatic N) is 3. The van der Waals surface area contributed by atoms with E-state index in [4.69, 9.17) is 6.57 Å². The lowest BCUT2D eigenvalue weighted by Gasteiger charge is -2.16. The molecule has 0 aliphatic rings. The minimum Gasteiger partial charge on any atom is -0.268 e. The predicted molar refractivity (Wildman–Crippen MR) is 185 cm³/mol. The van der Waals surface area contributed by atoms with Gasteiger partial charge < -0.3 is 0 Å². The number of alkyl halides is 2. The number of amides is 1. The summed E-state index contributed by atoms with van der Waals surface area (Å²) in [6.07, 6.45) is -2.24. The van der Waals surface area contributed by atoms with E-state index in [1.807, 2.05) is 6.07 Å². The first-order valence-electron chi connectivity index (χ1n) is 15.1. The summed E-state index contributed by atoms with van der Waals surface area (Å²) in [4.78, 5) is 15.4. The second kappa shape index (κ2) is 13.6. The molecule has 5 aromatic carbocycles. The quantitative estimate of drug-likeness (QED) is 0.123. The van der Waals surface area contributed by atoms with E-state index in [1.54, 1.807) is 4.72 Å². The van der Waals surface area contributed by atoms with Gasteiger partial charge in [0.25, 0.3) is 22.4 Å². The number of carbonyl (C=O) groups excluding carboxylic acids is 1. The van der Waals surface area contributed by atoms with Crippen LogP contribution in [0.1, 0.15) is 27.9 Å². The summed E-state index contributed by atoms with van der Waals surface area (Å²) in [5.74, 6) is -4.70. The van der Waals surface area contributed by atoms with E-state index >= 15 is 13.2 Å². The first-order valence-corrected chi connectivity index (χ1v) is 18.4. The molecule has 6 rings (SSSR count). The fraction of sp³-hybridized carbons (Fsp3) is 0.0541. The Kier molecular flexibility index (Phi) is 9.38. The Morgan fingerprint density at radius 1 is 0.830 bits per heavy atom. The highest BCUT2D eigenvalue weighted by molar-refractivity contribution is 7.90. The number of sulfonamides is 1. The molecule has 1 heterocycles. The summed E-state index contributed by atoms with van der Waals surface area (Å²) < 4.78 is 128. The Labute approximate surface area is 299 Å². The van der Waals surface area contributed by atoms with Gasteiger partial charge in [0.2, 0.25) is 10.0 Å². The number of nitrogens with one attached hydrogen (secondary N) is 1. The van der Waals surface area contributed by atoms with Crippen molar-refractivity contribution in [2.24, 2.45) is 0 Å². The highest BCUT2D eigenvalue weighted by atomic mass is 32.2. The van der Waals surface area contributed by atoms with Crippen molar-refractivity contribution in [3.05, 3.63) is 143 Å². The molecule has 0 saturated heterocycles. The molecule has 0 atom stereocenters. The molecule has 1 amide bonds. The number of halogens is 5. The summed E-state index contributed by atoms with van der Waals surface area (Å²) in [7, 11) is -8.88. The molecule has 9 nitrogen and oxygen atoms in total. The minimum absolute atomic E-state index is 0.0664. The van der Waals surface area contributed by atoms with Crippen LogP contribution >= 0.6 is 0 Å². The van der Waals surface area contributed by atoms with Crippen molar-refractivity contribution in [1.29, 1.82) is 5.26 Å². The van der Waals surface area contributed by atoms with E-state index < -0.39 is 71.4 Å². The summed E-state index contributed by atoms with van der Waals surface area (Å²) in [6, 6.07) is 19.3. The third kappa shape index (κ3) is 6.73. The minimum atomic E-state index is -4.80. The van der Waals surface area contributed by atoms with Gasteiger partial charge in [-0.2, -0.15) is 5.26 Å². The smallest absolute Gasteiger partial charge is 0.268 e. The summed E-state index contributed by atoms with van der Waals surface area (Å²) in [5, 5.41) is 10.0. The molecular formula is C37H21F5N4O5S2. The normalized spacial score (nSPS) is 11.7. The average Bonchev–Trinajstić information content (AvgIpc) is 3.45. The van der Waals surface area contributed by atoms with Crippen LogP contribution in [0.4, 0.5) is 27.6 Å². The van der Waals surface area contributed by atoms with Gasteiger partial charge in [-0.05, 0) is 60.2 Å². The largest absolute Gasteiger partial charge is 0.268 e. The van der Waals surface area contributed by atoms with E-state index in [0.29, 0.717) is 18.4 Å². The molecule has 0 aliphatic heterocycles. The Bertz CT molecular complexity index is 2750. The molecule has 0 radical (unpaired) electrons. The molecule has 0 unspecified atom stereocenters. The Balaban J connectivity index is 1.71. The lowest BCUT2D eigenvalue weighted by molar-refractivity contribution is 0.0980. The third-order valence-electron chi connectivity index (χ3n) is 8.10. The number of nitriles is 1. The number of aromatic nitrogens is 1. The third-order valence-corrected chi connectivity index (χ3v) is 10.4. The topological polar surface area (TPSA) is 130 Å². The van der Waals surface area contributed by atoms with Crippen LogP contribution < -0.4 is 4.72 Å². The van der Waals surface area contributed by atoms with Gasteiger partial charge in [-0.1, -0.05) is 42.5 Å². The Morgan fingerprint density at radius 2 is 1.47 bits per heavy atom. The molecule has 53 heavy (non-hydrogen) atoms. The molecular weight excluding hydrogens is 740 g/mol. The van der Waals surface area contributed by atoms with Crippen LogP contribution in [0.2, 0.25) is 0 Å². The van der Waals surface area contributed by atoms with Crippen molar-refractivity contribution in [2.45, 2.75) is 11.3 Å². The maximum absolute atomic E-state index is 15.6. The molecule has 16 heteroatoms. The number of fused-ring (bicyclic) bond motifs is 1. The molecule has 0 aliphatic carbocycles. The Morgan fingerprint density at radius 3 is 2.08 bits per heavy atom. The molecule has 0 saturated carbocycles. The predicted octanol–water partition coefficient (Wildman–Crippen LogP) is 8.35. The van der Waals surface area contributed by atoms with Gasteiger partial charge in [-0.3, -0.25) is 4.79 Å². The lowest BCUT2D eigenvalue weighted by Crippen LogP contribution is -2.29. The van der Waals surface area contributed by atoms with Crippen LogP contribution in [0.25, 0.3) is 49.3 Å². The van der Waals surface area contributed by atoms with E-state index in [0.717, 1.165) is 46.4 Å². The highest BCUT2D eigenvalue weighted by Crippen LogP contribution is 2.48. The second-order valence-electron chi connectivity index (χ2n) is 11.5. The molecule has 0 bridgehead atoms. The molecule has 1 aromatic heterocycles.